The largest absolute Gasteiger partial charge is 0.504 e. The Kier molecular flexibility index (Phi) is 5.84. The van der Waals surface area contributed by atoms with Crippen LogP contribution in [0.15, 0.2) is 72.8 Å². The van der Waals surface area contributed by atoms with Crippen LogP contribution in [0.4, 0.5) is 0 Å². The molecule has 0 fully saturated rings. The quantitative estimate of drug-likeness (QED) is 0.580. The molecule has 4 N–H and O–H groups in total. The third kappa shape index (κ3) is 4.08. The predicted molar refractivity (Wildman–Crippen MR) is 118 cm³/mol. The smallest absolute Gasteiger partial charge is 0.186 e. The maximum atomic E-state index is 10.7. The fourth-order valence-corrected chi connectivity index (χ4v) is 3.81. The summed E-state index contributed by atoms with van der Waals surface area (Å²) >= 11 is 6.08. The Hall–Kier alpha value is -3.15. The lowest BCUT2D eigenvalue weighted by Crippen LogP contribution is -2.89. The van der Waals surface area contributed by atoms with Gasteiger partial charge in [0.25, 0.3) is 0 Å². The monoisotopic (exact) mass is 423 g/mol. The number of phenolic OH excluding ortho intramolecular Hbond substituents is 1. The molecule has 154 valence electrons. The zero-order chi connectivity index (χ0) is 21.1. The summed E-state index contributed by atoms with van der Waals surface area (Å²) in [6, 6.07) is 21.2. The second-order valence-corrected chi connectivity index (χ2v) is 7.54. The normalized spacial score (nSPS) is 18.3. The lowest BCUT2D eigenvalue weighted by Gasteiger charge is -2.30. The number of benzene rings is 3. The summed E-state index contributed by atoms with van der Waals surface area (Å²) in [6.07, 6.45) is 2.06. The Labute approximate surface area is 180 Å². The van der Waals surface area contributed by atoms with Crippen LogP contribution in [0.2, 0.25) is 5.02 Å². The van der Waals surface area contributed by atoms with Crippen molar-refractivity contribution in [3.05, 3.63) is 94.5 Å². The van der Waals surface area contributed by atoms with Gasteiger partial charge in [-0.2, -0.15) is 0 Å². The fourth-order valence-electron chi connectivity index (χ4n) is 3.69. The third-order valence-electron chi connectivity index (χ3n) is 5.30. The van der Waals surface area contributed by atoms with Crippen LogP contribution >= 0.6 is 11.6 Å². The van der Waals surface area contributed by atoms with Gasteiger partial charge in [0, 0.05) is 22.4 Å². The molecule has 2 atom stereocenters. The van der Waals surface area contributed by atoms with Gasteiger partial charge in [0.15, 0.2) is 17.7 Å². The predicted octanol–water partition coefficient (Wildman–Crippen LogP) is 4.01. The second kappa shape index (κ2) is 8.69. The van der Waals surface area contributed by atoms with Crippen molar-refractivity contribution >= 4 is 17.3 Å². The molecule has 1 heterocycles. The van der Waals surface area contributed by atoms with E-state index >= 15 is 0 Å². The molecule has 0 saturated heterocycles. The lowest BCUT2D eigenvalue weighted by molar-refractivity contribution is -0.731. The number of nitrogens with two attached hydrogens (primary N) is 1. The molecule has 3 aromatic rings. The highest BCUT2D eigenvalue weighted by Gasteiger charge is 2.30. The van der Waals surface area contributed by atoms with E-state index in [0.717, 1.165) is 28.1 Å². The Bertz CT molecular complexity index is 1050. The Morgan fingerprint density at radius 3 is 2.33 bits per heavy atom. The molecule has 5 nitrogen and oxygen atoms in total. The average Bonchev–Trinajstić information content (AvgIpc) is 2.79. The number of hydrogen-bond donors (Lipinski definition) is 3. The molecule has 30 heavy (non-hydrogen) atoms. The first-order chi connectivity index (χ1) is 14.6. The molecule has 3 aromatic carbocycles. The first-order valence-corrected chi connectivity index (χ1v) is 10.1. The summed E-state index contributed by atoms with van der Waals surface area (Å²) < 4.78 is 10.6. The number of methoxy groups -OCH3 is 2. The molecular weight excluding hydrogens is 400 g/mol. The van der Waals surface area contributed by atoms with E-state index in [-0.39, 0.29) is 18.0 Å². The van der Waals surface area contributed by atoms with Crippen molar-refractivity contribution in [2.45, 2.75) is 12.2 Å². The maximum Gasteiger partial charge on any atom is 0.186 e. The van der Waals surface area contributed by atoms with Crippen LogP contribution in [-0.4, -0.2) is 19.3 Å². The number of para-hydroxylation sites is 1. The van der Waals surface area contributed by atoms with Crippen LogP contribution in [-0.2, 0) is 0 Å². The number of nitrogens with one attached hydrogen (secondary N) is 1. The van der Waals surface area contributed by atoms with E-state index in [1.54, 1.807) is 20.3 Å². The second-order valence-electron chi connectivity index (χ2n) is 7.10. The van der Waals surface area contributed by atoms with Crippen molar-refractivity contribution in [3.63, 3.8) is 0 Å². The molecule has 4 rings (SSSR count). The zero-order valence-electron chi connectivity index (χ0n) is 16.8. The van der Waals surface area contributed by atoms with Gasteiger partial charge in [-0.25, -0.2) is 0 Å². The lowest BCUT2D eigenvalue weighted by atomic mass is 9.97. The number of rotatable bonds is 5. The zero-order valence-corrected chi connectivity index (χ0v) is 17.6. The minimum Gasteiger partial charge on any atom is -0.504 e. The third-order valence-corrected chi connectivity index (χ3v) is 5.55. The maximum absolute atomic E-state index is 10.7. The Balaban J connectivity index is 1.76. The van der Waals surface area contributed by atoms with Crippen LogP contribution < -0.4 is 20.1 Å². The molecule has 0 amide bonds. The van der Waals surface area contributed by atoms with Crippen LogP contribution in [0.25, 0.3) is 5.70 Å². The van der Waals surface area contributed by atoms with Crippen molar-refractivity contribution in [1.82, 2.24) is 5.32 Å². The summed E-state index contributed by atoms with van der Waals surface area (Å²) in [4.78, 5) is 0. The average molecular weight is 424 g/mol. The molecule has 0 aliphatic carbocycles. The van der Waals surface area contributed by atoms with Crippen LogP contribution in [0, 0.1) is 0 Å². The molecule has 6 heteroatoms. The molecule has 1 aliphatic rings. The summed E-state index contributed by atoms with van der Waals surface area (Å²) in [5.74, 6) is 1.42. The SMILES string of the molecule is COc1ccc(C2=CC(c3cccc(OC)c3O)[NH2+]C(c3ccc(Cl)cc3)N2)cc1. The van der Waals surface area contributed by atoms with E-state index < -0.39 is 0 Å². The van der Waals surface area contributed by atoms with E-state index in [1.165, 1.54) is 0 Å². The highest BCUT2D eigenvalue weighted by atomic mass is 35.5. The number of aromatic hydroxyl groups is 1. The molecule has 2 unspecified atom stereocenters. The molecule has 0 radical (unpaired) electrons. The van der Waals surface area contributed by atoms with Crippen molar-refractivity contribution in [2.24, 2.45) is 0 Å². The number of ether oxygens (including phenoxy) is 2. The van der Waals surface area contributed by atoms with E-state index in [9.17, 15) is 5.11 Å². The fraction of sp³-hybridized carbons (Fsp3) is 0.167. The minimum atomic E-state index is -0.112. The van der Waals surface area contributed by atoms with E-state index in [0.29, 0.717) is 10.8 Å². The molecule has 0 saturated carbocycles. The van der Waals surface area contributed by atoms with Gasteiger partial charge in [0.1, 0.15) is 11.8 Å². The highest BCUT2D eigenvalue weighted by Crippen LogP contribution is 2.35. The molecule has 0 bridgehead atoms. The molecule has 1 aliphatic heterocycles. The summed E-state index contributed by atoms with van der Waals surface area (Å²) in [6.45, 7) is 0. The van der Waals surface area contributed by atoms with E-state index in [1.807, 2.05) is 60.7 Å². The van der Waals surface area contributed by atoms with Crippen LogP contribution in [0.1, 0.15) is 28.9 Å². The van der Waals surface area contributed by atoms with E-state index in [4.69, 9.17) is 21.1 Å². The number of halogens is 1. The Morgan fingerprint density at radius 2 is 1.67 bits per heavy atom. The van der Waals surface area contributed by atoms with Gasteiger partial charge in [-0.3, -0.25) is 0 Å². The van der Waals surface area contributed by atoms with Crippen molar-refractivity contribution < 1.29 is 19.9 Å². The van der Waals surface area contributed by atoms with Gasteiger partial charge in [0.2, 0.25) is 0 Å². The van der Waals surface area contributed by atoms with Gasteiger partial charge in [-0.05, 0) is 66.2 Å². The number of hydrogen-bond acceptors (Lipinski definition) is 4. The van der Waals surface area contributed by atoms with Gasteiger partial charge >= 0.3 is 0 Å². The molecular formula is C24H24ClN2O3+. The van der Waals surface area contributed by atoms with Gasteiger partial charge in [-0.1, -0.05) is 17.7 Å². The molecule has 0 spiro atoms. The van der Waals surface area contributed by atoms with Crippen LogP contribution in [0.5, 0.6) is 17.2 Å². The van der Waals surface area contributed by atoms with Gasteiger partial charge in [-0.15, -0.1) is 0 Å². The van der Waals surface area contributed by atoms with E-state index in [2.05, 4.69) is 16.7 Å². The summed E-state index contributed by atoms with van der Waals surface area (Å²) in [5, 5.41) is 17.2. The summed E-state index contributed by atoms with van der Waals surface area (Å²) in [5.41, 5.74) is 3.90. The van der Waals surface area contributed by atoms with Crippen molar-refractivity contribution in [3.8, 4) is 17.2 Å². The van der Waals surface area contributed by atoms with Crippen molar-refractivity contribution in [2.75, 3.05) is 14.2 Å². The standard InChI is InChI=1S/C24H23ClN2O3/c1-29-18-12-8-15(9-13-18)20-14-21(19-4-3-5-22(30-2)23(19)28)27-24(26-20)16-6-10-17(25)11-7-16/h3-14,21,24,26-28H,1-2H3/p+1. The van der Waals surface area contributed by atoms with Gasteiger partial charge in [0.05, 0.1) is 19.8 Å². The van der Waals surface area contributed by atoms with Crippen LogP contribution in [0.3, 0.4) is 0 Å². The first-order valence-electron chi connectivity index (χ1n) is 9.68. The first kappa shape index (κ1) is 20.1. The highest BCUT2D eigenvalue weighted by molar-refractivity contribution is 6.30. The molecule has 0 aromatic heterocycles. The number of quaternary nitrogens is 1. The van der Waals surface area contributed by atoms with Crippen molar-refractivity contribution in [1.29, 1.82) is 0 Å². The summed E-state index contributed by atoms with van der Waals surface area (Å²) in [7, 11) is 3.21. The minimum absolute atomic E-state index is 0.0556. The topological polar surface area (TPSA) is 67.3 Å². The Morgan fingerprint density at radius 1 is 0.933 bits per heavy atom. The van der Waals surface area contributed by atoms with Gasteiger partial charge < -0.3 is 25.2 Å². The number of phenols is 1.